The van der Waals surface area contributed by atoms with Crippen LogP contribution in [0.1, 0.15) is 27.7 Å². The van der Waals surface area contributed by atoms with Crippen LogP contribution in [-0.2, 0) is 9.47 Å². The standard InChI is InChI=1S/C10H18O2/c1-6-11-10(12-7-2)9(5)8(3)4/h3,6-7H2,1-2,4-5H3. The summed E-state index contributed by atoms with van der Waals surface area (Å²) in [5.74, 6) is 0.604. The van der Waals surface area contributed by atoms with Crippen molar-refractivity contribution in [3.63, 3.8) is 0 Å². The van der Waals surface area contributed by atoms with Crippen LogP contribution in [0.4, 0.5) is 0 Å². The van der Waals surface area contributed by atoms with Crippen LogP contribution in [0.2, 0.25) is 0 Å². The van der Waals surface area contributed by atoms with Gasteiger partial charge >= 0.3 is 0 Å². The van der Waals surface area contributed by atoms with E-state index in [1.54, 1.807) is 0 Å². The minimum absolute atomic E-state index is 0.604. The lowest BCUT2D eigenvalue weighted by atomic mass is 10.2. The first-order chi connectivity index (χ1) is 5.63. The highest BCUT2D eigenvalue weighted by molar-refractivity contribution is 5.24. The Kier molecular flexibility index (Phi) is 5.26. The van der Waals surface area contributed by atoms with E-state index in [1.807, 2.05) is 27.7 Å². The fourth-order valence-electron chi connectivity index (χ4n) is 0.695. The van der Waals surface area contributed by atoms with Crippen LogP contribution in [0.3, 0.4) is 0 Å². The van der Waals surface area contributed by atoms with Gasteiger partial charge in [0, 0.05) is 5.57 Å². The molecule has 0 aromatic rings. The van der Waals surface area contributed by atoms with Crippen molar-refractivity contribution in [2.24, 2.45) is 0 Å². The van der Waals surface area contributed by atoms with E-state index in [1.165, 1.54) is 0 Å². The van der Waals surface area contributed by atoms with Gasteiger partial charge in [0.2, 0.25) is 0 Å². The summed E-state index contributed by atoms with van der Waals surface area (Å²) in [7, 11) is 0. The van der Waals surface area contributed by atoms with Crippen LogP contribution < -0.4 is 0 Å². The average Bonchev–Trinajstić information content (AvgIpc) is 2.03. The smallest absolute Gasteiger partial charge is 0.282 e. The predicted molar refractivity (Wildman–Crippen MR) is 50.8 cm³/mol. The molecule has 0 rings (SSSR count). The minimum atomic E-state index is 0.604. The lowest BCUT2D eigenvalue weighted by Crippen LogP contribution is -2.01. The molecule has 0 bridgehead atoms. The molecule has 0 aliphatic carbocycles. The summed E-state index contributed by atoms with van der Waals surface area (Å²) in [5, 5.41) is 0. The van der Waals surface area contributed by atoms with Crippen LogP contribution in [0.15, 0.2) is 23.7 Å². The van der Waals surface area contributed by atoms with Crippen LogP contribution >= 0.6 is 0 Å². The Morgan fingerprint density at radius 2 is 1.50 bits per heavy atom. The zero-order valence-electron chi connectivity index (χ0n) is 8.44. The topological polar surface area (TPSA) is 18.5 Å². The van der Waals surface area contributed by atoms with Gasteiger partial charge in [-0.2, -0.15) is 0 Å². The first-order valence-corrected chi connectivity index (χ1v) is 4.25. The lowest BCUT2D eigenvalue weighted by molar-refractivity contribution is 0.0435. The van der Waals surface area contributed by atoms with Crippen molar-refractivity contribution in [1.29, 1.82) is 0 Å². The van der Waals surface area contributed by atoms with E-state index in [-0.39, 0.29) is 0 Å². The van der Waals surface area contributed by atoms with E-state index in [0.29, 0.717) is 19.2 Å². The molecule has 0 atom stereocenters. The van der Waals surface area contributed by atoms with E-state index in [9.17, 15) is 0 Å². The molecule has 0 fully saturated rings. The molecule has 70 valence electrons. The molecule has 0 heterocycles. The van der Waals surface area contributed by atoms with Crippen LogP contribution in [0.5, 0.6) is 0 Å². The summed E-state index contributed by atoms with van der Waals surface area (Å²) in [6.07, 6.45) is 0. The molecule has 0 aromatic heterocycles. The van der Waals surface area contributed by atoms with Gasteiger partial charge in [0.15, 0.2) is 0 Å². The molecule has 0 saturated carbocycles. The third kappa shape index (κ3) is 3.46. The van der Waals surface area contributed by atoms with Gasteiger partial charge in [0.1, 0.15) is 0 Å². The molecule has 12 heavy (non-hydrogen) atoms. The van der Waals surface area contributed by atoms with Crippen molar-refractivity contribution < 1.29 is 9.47 Å². The molecule has 0 amide bonds. The zero-order chi connectivity index (χ0) is 9.56. The molecule has 0 spiro atoms. The molecule has 0 N–H and O–H groups in total. The molecule has 0 radical (unpaired) electrons. The number of ether oxygens (including phenoxy) is 2. The number of allylic oxidation sites excluding steroid dienone is 2. The molecule has 0 unspecified atom stereocenters. The Balaban J connectivity index is 4.43. The van der Waals surface area contributed by atoms with Crippen molar-refractivity contribution in [3.8, 4) is 0 Å². The van der Waals surface area contributed by atoms with Gasteiger partial charge in [-0.15, -0.1) is 0 Å². The van der Waals surface area contributed by atoms with Gasteiger partial charge in [-0.3, -0.25) is 0 Å². The highest BCUT2D eigenvalue weighted by Crippen LogP contribution is 2.14. The van der Waals surface area contributed by atoms with Crippen molar-refractivity contribution in [1.82, 2.24) is 0 Å². The Morgan fingerprint density at radius 3 is 1.75 bits per heavy atom. The summed E-state index contributed by atoms with van der Waals surface area (Å²) >= 11 is 0. The SMILES string of the molecule is C=C(C)C(C)=C(OCC)OCC. The number of hydrogen-bond donors (Lipinski definition) is 0. The molecule has 0 aliphatic heterocycles. The quantitative estimate of drug-likeness (QED) is 0.466. The average molecular weight is 170 g/mol. The van der Waals surface area contributed by atoms with Crippen LogP contribution in [0, 0.1) is 0 Å². The third-order valence-corrected chi connectivity index (χ3v) is 1.50. The van der Waals surface area contributed by atoms with Crippen molar-refractivity contribution in [2.45, 2.75) is 27.7 Å². The Morgan fingerprint density at radius 1 is 1.08 bits per heavy atom. The molecule has 0 saturated heterocycles. The number of hydrogen-bond acceptors (Lipinski definition) is 2. The molecule has 0 aliphatic rings. The molecular weight excluding hydrogens is 152 g/mol. The Hall–Kier alpha value is -0.920. The van der Waals surface area contributed by atoms with Crippen LogP contribution in [-0.4, -0.2) is 13.2 Å². The van der Waals surface area contributed by atoms with E-state index < -0.39 is 0 Å². The lowest BCUT2D eigenvalue weighted by Gasteiger charge is -2.12. The minimum Gasteiger partial charge on any atom is -0.466 e. The predicted octanol–water partition coefficient (Wildman–Crippen LogP) is 2.87. The van der Waals surface area contributed by atoms with Gasteiger partial charge in [-0.25, -0.2) is 0 Å². The van der Waals surface area contributed by atoms with Crippen LogP contribution in [0.25, 0.3) is 0 Å². The third-order valence-electron chi connectivity index (χ3n) is 1.50. The number of rotatable bonds is 5. The second-order valence-corrected chi connectivity index (χ2v) is 2.56. The van der Waals surface area contributed by atoms with Gasteiger partial charge in [0.25, 0.3) is 5.95 Å². The zero-order valence-corrected chi connectivity index (χ0v) is 8.44. The maximum Gasteiger partial charge on any atom is 0.282 e. The molecule has 0 aromatic carbocycles. The highest BCUT2D eigenvalue weighted by Gasteiger charge is 2.04. The van der Waals surface area contributed by atoms with E-state index >= 15 is 0 Å². The van der Waals surface area contributed by atoms with E-state index in [4.69, 9.17) is 9.47 Å². The normalized spacial score (nSPS) is 9.00. The fourth-order valence-corrected chi connectivity index (χ4v) is 0.695. The van der Waals surface area contributed by atoms with Crippen molar-refractivity contribution in [2.75, 3.05) is 13.2 Å². The summed E-state index contributed by atoms with van der Waals surface area (Å²) in [5.41, 5.74) is 1.96. The second-order valence-electron chi connectivity index (χ2n) is 2.56. The Labute approximate surface area is 74.9 Å². The maximum atomic E-state index is 5.30. The summed E-state index contributed by atoms with van der Waals surface area (Å²) < 4.78 is 10.6. The first-order valence-electron chi connectivity index (χ1n) is 4.25. The maximum absolute atomic E-state index is 5.30. The first kappa shape index (κ1) is 11.1. The van der Waals surface area contributed by atoms with Crippen molar-refractivity contribution >= 4 is 0 Å². The Bertz CT molecular complexity index is 172. The molecule has 2 nitrogen and oxygen atoms in total. The van der Waals surface area contributed by atoms with Gasteiger partial charge in [0.05, 0.1) is 13.2 Å². The van der Waals surface area contributed by atoms with Gasteiger partial charge in [-0.1, -0.05) is 6.58 Å². The monoisotopic (exact) mass is 170 g/mol. The largest absolute Gasteiger partial charge is 0.466 e. The van der Waals surface area contributed by atoms with Crippen molar-refractivity contribution in [3.05, 3.63) is 23.7 Å². The highest BCUT2D eigenvalue weighted by atomic mass is 16.7. The molecule has 2 heteroatoms. The summed E-state index contributed by atoms with van der Waals surface area (Å²) in [6.45, 7) is 12.8. The van der Waals surface area contributed by atoms with E-state index in [2.05, 4.69) is 6.58 Å². The fraction of sp³-hybridized carbons (Fsp3) is 0.600. The summed E-state index contributed by atoms with van der Waals surface area (Å²) in [4.78, 5) is 0. The van der Waals surface area contributed by atoms with E-state index in [0.717, 1.165) is 11.1 Å². The molecular formula is C10H18O2. The summed E-state index contributed by atoms with van der Waals surface area (Å²) in [6, 6.07) is 0. The second kappa shape index (κ2) is 5.70. The van der Waals surface area contributed by atoms with Gasteiger partial charge in [-0.05, 0) is 33.3 Å². The van der Waals surface area contributed by atoms with Gasteiger partial charge < -0.3 is 9.47 Å².